The third-order valence-electron chi connectivity index (χ3n) is 4.89. The lowest BCUT2D eigenvalue weighted by molar-refractivity contribution is 0.237. The molecule has 2 unspecified atom stereocenters. The summed E-state index contributed by atoms with van der Waals surface area (Å²) in [5.74, 6) is 1.00. The average Bonchev–Trinajstić information content (AvgIpc) is 2.80. The summed E-state index contributed by atoms with van der Waals surface area (Å²) < 4.78 is 0. The molecule has 16 heavy (non-hydrogen) atoms. The number of nitrogens with one attached hydrogen (secondary N) is 1. The van der Waals surface area contributed by atoms with Gasteiger partial charge in [0.2, 0.25) is 0 Å². The quantitative estimate of drug-likeness (QED) is 0.786. The van der Waals surface area contributed by atoms with Gasteiger partial charge in [-0.3, -0.25) is 4.90 Å². The molecular weight excluding hydrogens is 196 g/mol. The third kappa shape index (κ3) is 2.43. The molecule has 1 aliphatic heterocycles. The molecule has 2 saturated carbocycles. The van der Waals surface area contributed by atoms with E-state index in [2.05, 4.69) is 17.1 Å². The first kappa shape index (κ1) is 11.0. The Morgan fingerprint density at radius 2 is 1.81 bits per heavy atom. The highest BCUT2D eigenvalue weighted by Gasteiger charge is 2.33. The zero-order valence-corrected chi connectivity index (χ0v) is 10.6. The summed E-state index contributed by atoms with van der Waals surface area (Å²) in [5.41, 5.74) is 0. The molecule has 0 aromatic carbocycles. The molecule has 0 aromatic rings. The van der Waals surface area contributed by atoms with Gasteiger partial charge in [-0.1, -0.05) is 12.8 Å². The summed E-state index contributed by atoms with van der Waals surface area (Å²) in [5, 5.41) is 3.85. The van der Waals surface area contributed by atoms with Crippen LogP contribution in [-0.4, -0.2) is 36.1 Å². The van der Waals surface area contributed by atoms with E-state index in [4.69, 9.17) is 0 Å². The monoisotopic (exact) mass is 222 g/mol. The van der Waals surface area contributed by atoms with Crippen LogP contribution in [-0.2, 0) is 0 Å². The molecule has 3 rings (SSSR count). The second kappa shape index (κ2) is 4.66. The van der Waals surface area contributed by atoms with Crippen LogP contribution < -0.4 is 5.32 Å². The van der Waals surface area contributed by atoms with Crippen molar-refractivity contribution in [3.63, 3.8) is 0 Å². The van der Waals surface area contributed by atoms with Crippen molar-refractivity contribution in [1.29, 1.82) is 0 Å². The van der Waals surface area contributed by atoms with Gasteiger partial charge in [0.1, 0.15) is 0 Å². The van der Waals surface area contributed by atoms with Crippen LogP contribution in [0.3, 0.4) is 0 Å². The van der Waals surface area contributed by atoms with Crippen LogP contribution in [0, 0.1) is 5.92 Å². The first-order chi connectivity index (χ1) is 7.83. The minimum atomic E-state index is 0.772. The van der Waals surface area contributed by atoms with E-state index >= 15 is 0 Å². The Labute approximate surface area is 99.8 Å². The molecule has 3 aliphatic rings. The van der Waals surface area contributed by atoms with Crippen LogP contribution in [0.25, 0.3) is 0 Å². The van der Waals surface area contributed by atoms with Gasteiger partial charge in [-0.2, -0.15) is 0 Å². The second-order valence-corrected chi connectivity index (χ2v) is 6.21. The standard InChI is InChI=1S/C14H26N2/c1-11(12-6-7-12)15-13-8-9-16(10-13)14-4-2-3-5-14/h11-15H,2-10H2,1H3. The van der Waals surface area contributed by atoms with Gasteiger partial charge in [0.05, 0.1) is 0 Å². The van der Waals surface area contributed by atoms with Gasteiger partial charge < -0.3 is 5.32 Å². The molecule has 0 amide bonds. The van der Waals surface area contributed by atoms with Gasteiger partial charge in [0, 0.05) is 31.2 Å². The SMILES string of the molecule is CC(NC1CCN(C2CCCC2)C1)C1CC1. The largest absolute Gasteiger partial charge is 0.310 e. The molecule has 92 valence electrons. The predicted molar refractivity (Wildman–Crippen MR) is 67.6 cm³/mol. The Balaban J connectivity index is 1.44. The Bertz CT molecular complexity index is 231. The molecule has 2 aliphatic carbocycles. The fourth-order valence-electron chi connectivity index (χ4n) is 3.63. The summed E-state index contributed by atoms with van der Waals surface area (Å²) in [6.45, 7) is 5.05. The van der Waals surface area contributed by atoms with E-state index in [1.165, 1.54) is 58.0 Å². The lowest BCUT2D eigenvalue weighted by Gasteiger charge is -2.24. The molecular formula is C14H26N2. The lowest BCUT2D eigenvalue weighted by Crippen LogP contribution is -2.41. The average molecular weight is 222 g/mol. The Kier molecular flexibility index (Phi) is 3.21. The smallest absolute Gasteiger partial charge is 0.0209 e. The third-order valence-corrected chi connectivity index (χ3v) is 4.89. The first-order valence-electron chi connectivity index (χ1n) is 7.33. The van der Waals surface area contributed by atoms with Gasteiger partial charge in [-0.05, 0) is 44.9 Å². The van der Waals surface area contributed by atoms with E-state index in [9.17, 15) is 0 Å². The number of hydrogen-bond acceptors (Lipinski definition) is 2. The predicted octanol–water partition coefficient (Wildman–Crippen LogP) is 2.39. The molecule has 1 heterocycles. The number of nitrogens with zero attached hydrogens (tertiary/aromatic N) is 1. The van der Waals surface area contributed by atoms with Gasteiger partial charge in [-0.15, -0.1) is 0 Å². The fourth-order valence-corrected chi connectivity index (χ4v) is 3.63. The van der Waals surface area contributed by atoms with Gasteiger partial charge in [0.25, 0.3) is 0 Å². The molecule has 2 atom stereocenters. The summed E-state index contributed by atoms with van der Waals surface area (Å²) in [6, 6.07) is 2.49. The lowest BCUT2D eigenvalue weighted by atomic mass is 10.1. The molecule has 2 nitrogen and oxygen atoms in total. The fraction of sp³-hybridized carbons (Fsp3) is 1.00. The van der Waals surface area contributed by atoms with Crippen molar-refractivity contribution in [3.05, 3.63) is 0 Å². The summed E-state index contributed by atoms with van der Waals surface area (Å²) in [7, 11) is 0. The van der Waals surface area contributed by atoms with E-state index < -0.39 is 0 Å². The molecule has 1 N–H and O–H groups in total. The second-order valence-electron chi connectivity index (χ2n) is 6.21. The zero-order chi connectivity index (χ0) is 11.0. The maximum atomic E-state index is 3.85. The van der Waals surface area contributed by atoms with Crippen molar-refractivity contribution in [2.45, 2.75) is 70.0 Å². The van der Waals surface area contributed by atoms with Crippen LogP contribution in [0.5, 0.6) is 0 Å². The normalized spacial score (nSPS) is 34.7. The highest BCUT2D eigenvalue weighted by Crippen LogP contribution is 2.33. The zero-order valence-electron chi connectivity index (χ0n) is 10.6. The molecule has 3 fully saturated rings. The maximum Gasteiger partial charge on any atom is 0.0209 e. The van der Waals surface area contributed by atoms with E-state index in [1.54, 1.807) is 0 Å². The molecule has 2 heteroatoms. The highest BCUT2D eigenvalue weighted by atomic mass is 15.2. The summed E-state index contributed by atoms with van der Waals surface area (Å²) in [4.78, 5) is 2.75. The number of likely N-dealkylation sites (tertiary alicyclic amines) is 1. The van der Waals surface area contributed by atoms with Gasteiger partial charge in [-0.25, -0.2) is 0 Å². The van der Waals surface area contributed by atoms with Gasteiger partial charge >= 0.3 is 0 Å². The van der Waals surface area contributed by atoms with E-state index in [1.807, 2.05) is 0 Å². The van der Waals surface area contributed by atoms with E-state index in [0.29, 0.717) is 0 Å². The van der Waals surface area contributed by atoms with Crippen LogP contribution in [0.15, 0.2) is 0 Å². The van der Waals surface area contributed by atoms with Gasteiger partial charge in [0.15, 0.2) is 0 Å². The Morgan fingerprint density at radius 3 is 2.50 bits per heavy atom. The molecule has 1 saturated heterocycles. The van der Waals surface area contributed by atoms with Crippen LogP contribution in [0.4, 0.5) is 0 Å². The van der Waals surface area contributed by atoms with Crippen LogP contribution in [0.1, 0.15) is 51.9 Å². The van der Waals surface area contributed by atoms with Crippen molar-refractivity contribution < 1.29 is 0 Å². The number of rotatable bonds is 4. The van der Waals surface area contributed by atoms with E-state index in [0.717, 1.165) is 24.0 Å². The van der Waals surface area contributed by atoms with E-state index in [-0.39, 0.29) is 0 Å². The Morgan fingerprint density at radius 1 is 1.06 bits per heavy atom. The molecule has 0 bridgehead atoms. The van der Waals surface area contributed by atoms with Crippen LogP contribution >= 0.6 is 0 Å². The molecule has 0 radical (unpaired) electrons. The summed E-state index contributed by atoms with van der Waals surface area (Å²) in [6.07, 6.45) is 10.2. The van der Waals surface area contributed by atoms with Crippen molar-refractivity contribution in [2.24, 2.45) is 5.92 Å². The van der Waals surface area contributed by atoms with Crippen molar-refractivity contribution in [3.8, 4) is 0 Å². The topological polar surface area (TPSA) is 15.3 Å². The molecule has 0 spiro atoms. The summed E-state index contributed by atoms with van der Waals surface area (Å²) >= 11 is 0. The van der Waals surface area contributed by atoms with Crippen LogP contribution in [0.2, 0.25) is 0 Å². The van der Waals surface area contributed by atoms with Crippen molar-refractivity contribution in [2.75, 3.05) is 13.1 Å². The van der Waals surface area contributed by atoms with Crippen molar-refractivity contribution in [1.82, 2.24) is 10.2 Å². The highest BCUT2D eigenvalue weighted by molar-refractivity contribution is 4.91. The molecule has 0 aromatic heterocycles. The Hall–Kier alpha value is -0.0800. The minimum Gasteiger partial charge on any atom is -0.310 e. The number of hydrogen-bond donors (Lipinski definition) is 1. The maximum absolute atomic E-state index is 3.85. The minimum absolute atomic E-state index is 0.772. The van der Waals surface area contributed by atoms with Crippen molar-refractivity contribution >= 4 is 0 Å². The first-order valence-corrected chi connectivity index (χ1v) is 7.33.